The molecule has 1 fully saturated rings. The van der Waals surface area contributed by atoms with Crippen molar-refractivity contribution in [2.75, 3.05) is 26.2 Å². The highest BCUT2D eigenvalue weighted by Gasteiger charge is 2.38. The maximum absolute atomic E-state index is 10.2. The lowest BCUT2D eigenvalue weighted by Crippen LogP contribution is -3.04. The van der Waals surface area contributed by atoms with Gasteiger partial charge < -0.3 is 50.5 Å². The Bertz CT molecular complexity index is 286. The molecule has 0 amide bonds. The Morgan fingerprint density at radius 2 is 1.39 bits per heavy atom. The van der Waals surface area contributed by atoms with Crippen molar-refractivity contribution in [3.05, 3.63) is 0 Å². The van der Waals surface area contributed by atoms with E-state index < -0.39 is 20.2 Å². The minimum absolute atomic E-state index is 0. The van der Waals surface area contributed by atoms with Gasteiger partial charge in [0.2, 0.25) is 0 Å². The quantitative estimate of drug-likeness (QED) is 0.363. The summed E-state index contributed by atoms with van der Waals surface area (Å²) in [6, 6.07) is 0. The van der Waals surface area contributed by atoms with Crippen LogP contribution in [-0.4, -0.2) is 41.6 Å². The summed E-state index contributed by atoms with van der Waals surface area (Å²) in [5.41, 5.74) is 2.60. The number of rotatable bonds is 2. The molecule has 0 aliphatic carbocycles. The van der Waals surface area contributed by atoms with Crippen molar-refractivity contribution in [1.82, 2.24) is 0 Å². The molecule has 10 N–H and O–H groups in total. The van der Waals surface area contributed by atoms with Crippen LogP contribution in [0.2, 0.25) is 0 Å². The molecule has 12 heteroatoms. The molecule has 0 radical (unpaired) electrons. The molecule has 10 nitrogen and oxygen atoms in total. The Balaban J connectivity index is 0. The highest BCUT2D eigenvalue weighted by molar-refractivity contribution is 7.69. The van der Waals surface area contributed by atoms with Gasteiger partial charge in [-0.25, -0.2) is 0 Å². The van der Waals surface area contributed by atoms with Gasteiger partial charge in [-0.1, -0.05) is 0 Å². The van der Waals surface area contributed by atoms with Crippen LogP contribution in [0, 0.1) is 0 Å². The van der Waals surface area contributed by atoms with E-state index >= 15 is 0 Å². The summed E-state index contributed by atoms with van der Waals surface area (Å²) >= 11 is 0. The van der Waals surface area contributed by atoms with Crippen molar-refractivity contribution < 1.29 is 50.5 Å². The number of piperazine rings is 1. The van der Waals surface area contributed by atoms with E-state index in [1.807, 2.05) is 0 Å². The van der Waals surface area contributed by atoms with Gasteiger partial charge in [0.25, 0.3) is 0 Å². The monoisotopic (exact) mass is 309 g/mol. The number of hydrogen-bond donors (Lipinski definition) is 4. The van der Waals surface area contributed by atoms with E-state index in [4.69, 9.17) is 4.89 Å². The van der Waals surface area contributed by atoms with Crippen LogP contribution in [0.3, 0.4) is 0 Å². The van der Waals surface area contributed by atoms with Gasteiger partial charge in [-0.2, -0.15) is 0 Å². The van der Waals surface area contributed by atoms with E-state index in [0.717, 1.165) is 0 Å². The minimum Gasteiger partial charge on any atom is -0.806 e. The third-order valence-corrected chi connectivity index (χ3v) is 6.24. The zero-order chi connectivity index (χ0) is 13.7. The first kappa shape index (κ1) is 20.5. The maximum Gasteiger partial charge on any atom is 0.198 e. The zero-order valence-corrected chi connectivity index (χ0v) is 11.9. The number of quaternary nitrogens is 3. The first-order valence-corrected chi connectivity index (χ1v) is 8.17. The highest BCUT2D eigenvalue weighted by atomic mass is 31.2. The molecule has 1 unspecified atom stereocenters. The molecule has 2 atom stereocenters. The lowest BCUT2D eigenvalue weighted by atomic mass is 10.4. The largest absolute Gasteiger partial charge is 0.806 e. The third kappa shape index (κ3) is 6.35. The molecule has 0 aromatic carbocycles. The van der Waals surface area contributed by atoms with Crippen LogP contribution in [0.4, 0.5) is 0 Å². The van der Waals surface area contributed by atoms with Gasteiger partial charge in [-0.05, 0) is 0 Å². The average Bonchev–Trinajstić information content (AvgIpc) is 2.18. The molecular formula is C6H21N3O7P2. The average molecular weight is 309 g/mol. The molecule has 112 valence electrons. The van der Waals surface area contributed by atoms with Crippen LogP contribution in [0.1, 0.15) is 6.92 Å². The molecule has 1 aliphatic rings. The Labute approximate surface area is 105 Å². The Kier molecular flexibility index (Phi) is 8.71. The van der Waals surface area contributed by atoms with Gasteiger partial charge >= 0.3 is 0 Å². The summed E-state index contributed by atoms with van der Waals surface area (Å²) in [6.07, 6.45) is 0. The molecule has 18 heavy (non-hydrogen) atoms. The van der Waals surface area contributed by atoms with E-state index in [1.165, 1.54) is 26.2 Å². The van der Waals surface area contributed by atoms with E-state index in [1.54, 1.807) is 0 Å². The normalized spacial score (nSPS) is 22.6. The molecular weight excluding hydrogens is 288 g/mol. The molecule has 1 heterocycles. The van der Waals surface area contributed by atoms with Gasteiger partial charge in [0.15, 0.2) is 12.6 Å². The second kappa shape index (κ2) is 7.66. The van der Waals surface area contributed by atoms with Crippen LogP contribution in [0.5, 0.6) is 0 Å². The summed E-state index contributed by atoms with van der Waals surface area (Å²) in [4.78, 5) is 38.8. The SMILES string of the molecule is C1C[NH2+]CC[NH2+]1.C[C@]([NH3+])(P(=O)([O-])[O-])P(=O)([O-])O.O. The fourth-order valence-electron chi connectivity index (χ4n) is 0.915. The molecule has 0 aromatic rings. The fraction of sp³-hybridized carbons (Fsp3) is 1.00. The molecule has 0 spiro atoms. The first-order valence-electron chi connectivity index (χ1n) is 5.05. The summed E-state index contributed by atoms with van der Waals surface area (Å²) in [5, 5.41) is 1.85. The lowest BCUT2D eigenvalue weighted by molar-refractivity contribution is -0.787. The molecule has 0 saturated carbocycles. The first-order chi connectivity index (χ1) is 7.50. The molecule has 1 rings (SSSR count). The summed E-state index contributed by atoms with van der Waals surface area (Å²) in [7, 11) is -10.7. The van der Waals surface area contributed by atoms with Crippen molar-refractivity contribution in [3.63, 3.8) is 0 Å². The zero-order valence-electron chi connectivity index (χ0n) is 10.1. The number of hydrogen-bond acceptors (Lipinski definition) is 5. The van der Waals surface area contributed by atoms with Crippen molar-refractivity contribution in [1.29, 1.82) is 0 Å². The second-order valence-corrected chi connectivity index (χ2v) is 8.33. The van der Waals surface area contributed by atoms with Crippen molar-refractivity contribution in [2.45, 2.75) is 11.9 Å². The second-order valence-electron chi connectivity index (χ2n) is 3.97. The summed E-state index contributed by atoms with van der Waals surface area (Å²) in [6.45, 7) is 5.81. The molecule has 1 saturated heterocycles. The summed E-state index contributed by atoms with van der Waals surface area (Å²) in [5.74, 6) is 0. The van der Waals surface area contributed by atoms with Crippen molar-refractivity contribution in [2.24, 2.45) is 0 Å². The molecule has 0 aromatic heterocycles. The molecule has 0 bridgehead atoms. The lowest BCUT2D eigenvalue weighted by Gasteiger charge is -2.45. The Morgan fingerprint density at radius 1 is 1.11 bits per heavy atom. The predicted octanol–water partition coefficient (Wildman–Crippen LogP) is -7.34. The van der Waals surface area contributed by atoms with Gasteiger partial charge in [-0.3, -0.25) is 0 Å². The minimum atomic E-state index is -5.43. The van der Waals surface area contributed by atoms with Crippen LogP contribution in [0.25, 0.3) is 0 Å². The standard InChI is InChI=1S/C4H10N2.C2H9NO6P2.H2O/c1-2-6-4-3-5-1;1-2(3,10(4,5)6)11(7,8)9;/h5-6H,1-4H2;3H2,1H3,(H2,4,5,6)(H2,7,8,9);1H2. The van der Waals surface area contributed by atoms with Crippen LogP contribution >= 0.6 is 15.2 Å². The molecule has 1 aliphatic heterocycles. The fourth-order valence-corrected chi connectivity index (χ4v) is 2.15. The predicted molar refractivity (Wildman–Crippen MR) is 55.7 cm³/mol. The van der Waals surface area contributed by atoms with Gasteiger partial charge in [0.1, 0.15) is 26.2 Å². The topological polar surface area (TPSA) is 216 Å². The Hall–Kier alpha value is 0.140. The van der Waals surface area contributed by atoms with Crippen molar-refractivity contribution in [3.8, 4) is 0 Å². The van der Waals surface area contributed by atoms with Crippen molar-refractivity contribution >= 4 is 15.2 Å². The van der Waals surface area contributed by atoms with Crippen LogP contribution in [0.15, 0.2) is 0 Å². The van der Waals surface area contributed by atoms with E-state index in [9.17, 15) is 23.8 Å². The van der Waals surface area contributed by atoms with E-state index in [2.05, 4.69) is 16.4 Å². The van der Waals surface area contributed by atoms with E-state index in [0.29, 0.717) is 6.92 Å². The Morgan fingerprint density at radius 3 is 1.44 bits per heavy atom. The van der Waals surface area contributed by atoms with E-state index in [-0.39, 0.29) is 5.48 Å². The smallest absolute Gasteiger partial charge is 0.198 e. The maximum atomic E-state index is 10.2. The third-order valence-electron chi connectivity index (χ3n) is 2.35. The van der Waals surface area contributed by atoms with Gasteiger partial charge in [-0.15, -0.1) is 0 Å². The van der Waals surface area contributed by atoms with Gasteiger partial charge in [0, 0.05) is 14.5 Å². The van der Waals surface area contributed by atoms with Crippen LogP contribution < -0.4 is 31.0 Å². The summed E-state index contributed by atoms with van der Waals surface area (Å²) < 4.78 is 20.4. The van der Waals surface area contributed by atoms with Crippen LogP contribution in [-0.2, 0) is 9.13 Å². The highest BCUT2D eigenvalue weighted by Crippen LogP contribution is 2.57. The number of nitrogens with two attached hydrogens (primary N) is 2. The van der Waals surface area contributed by atoms with Gasteiger partial charge in [0.05, 0.1) is 0 Å².